The molecule has 0 aliphatic heterocycles. The van der Waals surface area contributed by atoms with E-state index in [2.05, 4.69) is 10.2 Å². The number of carboxylic acids is 1. The average Bonchev–Trinajstić information content (AvgIpc) is 3.00. The first-order valence-electron chi connectivity index (χ1n) is 5.68. The van der Waals surface area contributed by atoms with Gasteiger partial charge in [-0.05, 0) is 6.07 Å². The Morgan fingerprint density at radius 2 is 2.20 bits per heavy atom. The van der Waals surface area contributed by atoms with Crippen LogP contribution in [-0.2, 0) is 4.79 Å². The van der Waals surface area contributed by atoms with Crippen LogP contribution in [0.2, 0.25) is 0 Å². The normalized spacial score (nSPS) is 11.0. The quantitative estimate of drug-likeness (QED) is 0.554. The summed E-state index contributed by atoms with van der Waals surface area (Å²) >= 11 is 1.01. The zero-order chi connectivity index (χ0) is 14.1. The van der Waals surface area contributed by atoms with Crippen molar-refractivity contribution in [2.75, 3.05) is 11.6 Å². The van der Waals surface area contributed by atoms with E-state index in [4.69, 9.17) is 15.4 Å². The molecule has 0 unspecified atom stereocenters. The van der Waals surface area contributed by atoms with E-state index in [-0.39, 0.29) is 5.75 Å². The number of aromatic nitrogens is 3. The van der Waals surface area contributed by atoms with E-state index < -0.39 is 5.97 Å². The van der Waals surface area contributed by atoms with Crippen molar-refractivity contribution in [2.45, 2.75) is 5.16 Å². The summed E-state index contributed by atoms with van der Waals surface area (Å²) in [6.45, 7) is 0. The number of aliphatic carboxylic acids is 1. The van der Waals surface area contributed by atoms with Gasteiger partial charge in [0.2, 0.25) is 5.16 Å². The van der Waals surface area contributed by atoms with Crippen LogP contribution in [0.4, 0.5) is 0 Å². The molecule has 0 fully saturated rings. The second-order valence-electron chi connectivity index (χ2n) is 4.00. The van der Waals surface area contributed by atoms with Crippen LogP contribution in [0.5, 0.6) is 0 Å². The van der Waals surface area contributed by atoms with Crippen molar-refractivity contribution in [2.24, 2.45) is 0 Å². The van der Waals surface area contributed by atoms with E-state index in [1.807, 2.05) is 24.3 Å². The van der Waals surface area contributed by atoms with E-state index in [0.29, 0.717) is 11.0 Å². The fourth-order valence-corrected chi connectivity index (χ4v) is 2.41. The van der Waals surface area contributed by atoms with Crippen molar-refractivity contribution in [3.8, 4) is 11.4 Å². The summed E-state index contributed by atoms with van der Waals surface area (Å²) in [7, 11) is 0. The van der Waals surface area contributed by atoms with E-state index >= 15 is 0 Å². The first-order valence-corrected chi connectivity index (χ1v) is 6.67. The molecule has 0 aliphatic carbocycles. The Morgan fingerprint density at radius 3 is 3.00 bits per heavy atom. The highest BCUT2D eigenvalue weighted by Gasteiger charge is 2.17. The molecule has 0 saturated carbocycles. The van der Waals surface area contributed by atoms with Crippen LogP contribution < -0.4 is 5.84 Å². The summed E-state index contributed by atoms with van der Waals surface area (Å²) in [6, 6.07) is 7.50. The van der Waals surface area contributed by atoms with Gasteiger partial charge in [-0.25, -0.2) is 4.68 Å². The van der Waals surface area contributed by atoms with Gasteiger partial charge in [-0.1, -0.05) is 30.0 Å². The maximum atomic E-state index is 10.6. The molecule has 2 heterocycles. The Balaban J connectivity index is 2.00. The molecule has 102 valence electrons. The predicted octanol–water partition coefficient (Wildman–Crippen LogP) is 1.58. The van der Waals surface area contributed by atoms with Crippen molar-refractivity contribution >= 4 is 28.7 Å². The minimum Gasteiger partial charge on any atom is -0.481 e. The second-order valence-corrected chi connectivity index (χ2v) is 4.95. The molecule has 0 atom stereocenters. The van der Waals surface area contributed by atoms with Gasteiger partial charge in [-0.15, -0.1) is 10.2 Å². The topological polar surface area (TPSA) is 107 Å². The van der Waals surface area contributed by atoms with Gasteiger partial charge in [0.15, 0.2) is 5.82 Å². The van der Waals surface area contributed by atoms with Crippen molar-refractivity contribution in [3.05, 3.63) is 30.5 Å². The summed E-state index contributed by atoms with van der Waals surface area (Å²) < 4.78 is 6.70. The number of para-hydroxylation sites is 1. The number of nitrogen functional groups attached to an aromatic ring is 1. The molecule has 2 aromatic heterocycles. The monoisotopic (exact) mass is 290 g/mol. The number of nitrogens with two attached hydrogens (primary N) is 1. The number of benzene rings is 1. The molecule has 0 radical (unpaired) electrons. The highest BCUT2D eigenvalue weighted by Crippen LogP contribution is 2.30. The number of hydrogen-bond acceptors (Lipinski definition) is 6. The Kier molecular flexibility index (Phi) is 3.07. The van der Waals surface area contributed by atoms with E-state index in [9.17, 15) is 4.79 Å². The molecule has 0 saturated heterocycles. The lowest BCUT2D eigenvalue weighted by Crippen LogP contribution is -2.12. The predicted molar refractivity (Wildman–Crippen MR) is 73.7 cm³/mol. The molecule has 3 rings (SSSR count). The number of hydrogen-bond donors (Lipinski definition) is 2. The average molecular weight is 290 g/mol. The first kappa shape index (κ1) is 12.5. The second kappa shape index (κ2) is 4.89. The van der Waals surface area contributed by atoms with Crippen LogP contribution >= 0.6 is 11.8 Å². The minimum atomic E-state index is -0.937. The number of nitrogens with zero attached hydrogens (tertiary/aromatic N) is 3. The zero-order valence-electron chi connectivity index (χ0n) is 10.2. The summed E-state index contributed by atoms with van der Waals surface area (Å²) in [5.41, 5.74) is 1.45. The van der Waals surface area contributed by atoms with Crippen molar-refractivity contribution in [1.29, 1.82) is 0 Å². The summed E-state index contributed by atoms with van der Waals surface area (Å²) in [5, 5.41) is 17.8. The highest BCUT2D eigenvalue weighted by atomic mass is 32.2. The molecule has 0 amide bonds. The summed E-state index contributed by atoms with van der Waals surface area (Å²) in [5.74, 6) is 5.28. The molecule has 8 heteroatoms. The van der Waals surface area contributed by atoms with Crippen LogP contribution in [0.1, 0.15) is 0 Å². The molecular weight excluding hydrogens is 280 g/mol. The first-order chi connectivity index (χ1) is 9.66. The summed E-state index contributed by atoms with van der Waals surface area (Å²) in [6.07, 6.45) is 1.56. The third kappa shape index (κ3) is 2.10. The van der Waals surface area contributed by atoms with Gasteiger partial charge in [0.25, 0.3) is 0 Å². The van der Waals surface area contributed by atoms with Gasteiger partial charge >= 0.3 is 5.97 Å². The third-order valence-corrected chi connectivity index (χ3v) is 3.64. The van der Waals surface area contributed by atoms with E-state index in [0.717, 1.165) is 28.3 Å². The standard InChI is InChI=1S/C12H10N4O3S/c13-16-11(14-15-12(16)20-6-10(17)18)8-5-19-9-4-2-1-3-7(8)9/h1-5H,6,13H2,(H,17,18). The number of fused-ring (bicyclic) bond motifs is 1. The van der Waals surface area contributed by atoms with Crippen LogP contribution in [0.15, 0.2) is 40.1 Å². The molecule has 3 aromatic rings. The molecule has 0 aliphatic rings. The Hall–Kier alpha value is -2.48. The number of rotatable bonds is 4. The van der Waals surface area contributed by atoms with Crippen LogP contribution in [-0.4, -0.2) is 31.7 Å². The fraction of sp³-hybridized carbons (Fsp3) is 0.0833. The highest BCUT2D eigenvalue weighted by molar-refractivity contribution is 7.99. The lowest BCUT2D eigenvalue weighted by atomic mass is 10.2. The van der Waals surface area contributed by atoms with E-state index in [1.165, 1.54) is 4.68 Å². The molecule has 20 heavy (non-hydrogen) atoms. The smallest absolute Gasteiger partial charge is 0.313 e. The summed E-state index contributed by atoms with van der Waals surface area (Å²) in [4.78, 5) is 10.6. The maximum absolute atomic E-state index is 10.6. The molecule has 0 spiro atoms. The number of carboxylic acid groups (broad SMARTS) is 1. The zero-order valence-corrected chi connectivity index (χ0v) is 11.0. The molecular formula is C12H10N4O3S. The largest absolute Gasteiger partial charge is 0.481 e. The SMILES string of the molecule is Nn1c(SCC(=O)O)nnc1-c1coc2ccccc12. The van der Waals surface area contributed by atoms with Gasteiger partial charge in [-0.2, -0.15) is 0 Å². The number of thioether (sulfide) groups is 1. The van der Waals surface area contributed by atoms with Crippen molar-refractivity contribution in [1.82, 2.24) is 14.9 Å². The molecule has 3 N–H and O–H groups in total. The minimum absolute atomic E-state index is 0.124. The van der Waals surface area contributed by atoms with Crippen LogP contribution in [0, 0.1) is 0 Å². The lowest BCUT2D eigenvalue weighted by molar-refractivity contribution is -0.133. The molecule has 7 nitrogen and oxygen atoms in total. The third-order valence-electron chi connectivity index (χ3n) is 2.71. The Labute approximate surface area is 117 Å². The van der Waals surface area contributed by atoms with Crippen molar-refractivity contribution in [3.63, 3.8) is 0 Å². The maximum Gasteiger partial charge on any atom is 0.313 e. The molecule has 1 aromatic carbocycles. The van der Waals surface area contributed by atoms with Crippen LogP contribution in [0.25, 0.3) is 22.4 Å². The van der Waals surface area contributed by atoms with Gasteiger partial charge in [0.1, 0.15) is 11.8 Å². The van der Waals surface area contributed by atoms with Gasteiger partial charge < -0.3 is 15.4 Å². The van der Waals surface area contributed by atoms with Gasteiger partial charge in [-0.3, -0.25) is 4.79 Å². The Bertz CT molecular complexity index is 780. The van der Waals surface area contributed by atoms with E-state index in [1.54, 1.807) is 6.26 Å². The van der Waals surface area contributed by atoms with Gasteiger partial charge in [0, 0.05) is 5.39 Å². The van der Waals surface area contributed by atoms with Crippen molar-refractivity contribution < 1.29 is 14.3 Å². The Morgan fingerprint density at radius 1 is 1.40 bits per heavy atom. The lowest BCUT2D eigenvalue weighted by Gasteiger charge is -2.00. The number of carbonyl (C=O) groups is 1. The van der Waals surface area contributed by atoms with Gasteiger partial charge in [0.05, 0.1) is 11.3 Å². The fourth-order valence-electron chi connectivity index (χ4n) is 1.84. The molecule has 0 bridgehead atoms. The number of furan rings is 1. The van der Waals surface area contributed by atoms with Crippen LogP contribution in [0.3, 0.4) is 0 Å².